The molecule has 92 valence electrons. The van der Waals surface area contributed by atoms with Gasteiger partial charge in [0.2, 0.25) is 0 Å². The monoisotopic (exact) mass is 220 g/mol. The van der Waals surface area contributed by atoms with Gasteiger partial charge in [0.1, 0.15) is 0 Å². The third kappa shape index (κ3) is 2.63. The molecule has 0 aromatic heterocycles. The van der Waals surface area contributed by atoms with Gasteiger partial charge in [-0.3, -0.25) is 0 Å². The van der Waals surface area contributed by atoms with Crippen molar-refractivity contribution in [3.8, 4) is 0 Å². The Balaban J connectivity index is 1.73. The van der Waals surface area contributed by atoms with E-state index in [4.69, 9.17) is 0 Å². The van der Waals surface area contributed by atoms with Crippen molar-refractivity contribution in [2.75, 3.05) is 0 Å². The zero-order valence-electron chi connectivity index (χ0n) is 10.8. The summed E-state index contributed by atoms with van der Waals surface area (Å²) >= 11 is 0. The molecule has 0 spiro atoms. The number of fused-ring (bicyclic) bond motifs is 4. The fraction of sp³-hybridized carbons (Fsp3) is 1.00. The fourth-order valence-corrected chi connectivity index (χ4v) is 4.95. The minimum Gasteiger partial charge on any atom is -0.0530 e. The van der Waals surface area contributed by atoms with Gasteiger partial charge in [-0.2, -0.15) is 0 Å². The molecule has 0 heterocycles. The minimum absolute atomic E-state index is 1.12. The van der Waals surface area contributed by atoms with Crippen LogP contribution in [0.1, 0.15) is 77.0 Å². The van der Waals surface area contributed by atoms with Crippen molar-refractivity contribution in [2.24, 2.45) is 23.7 Å². The first-order chi connectivity index (χ1) is 7.90. The van der Waals surface area contributed by atoms with Crippen molar-refractivity contribution >= 4 is 0 Å². The molecule has 0 radical (unpaired) electrons. The van der Waals surface area contributed by atoms with Crippen molar-refractivity contribution in [1.29, 1.82) is 0 Å². The highest BCUT2D eigenvalue weighted by atomic mass is 14.4. The van der Waals surface area contributed by atoms with Gasteiger partial charge in [-0.25, -0.2) is 0 Å². The molecule has 0 heteroatoms. The molecule has 3 rings (SSSR count). The average molecular weight is 220 g/mol. The molecule has 16 heavy (non-hydrogen) atoms. The average Bonchev–Trinajstić information content (AvgIpc) is 2.60. The molecule has 0 aromatic carbocycles. The Hall–Kier alpha value is 0. The van der Waals surface area contributed by atoms with E-state index >= 15 is 0 Å². The predicted octanol–water partition coefficient (Wildman–Crippen LogP) is 5.17. The maximum Gasteiger partial charge on any atom is -0.0409 e. The standard InChI is InChI=1S/C16H28/c1-2-6-14-9-13(5-1)11-15-7-3-4-8-16(10-15)12-14/h13-16H,1-12H2. The van der Waals surface area contributed by atoms with E-state index in [1.54, 1.807) is 77.0 Å². The van der Waals surface area contributed by atoms with Crippen molar-refractivity contribution in [3.05, 3.63) is 0 Å². The van der Waals surface area contributed by atoms with Crippen LogP contribution >= 0.6 is 0 Å². The summed E-state index contributed by atoms with van der Waals surface area (Å²) in [5.74, 6) is 4.49. The van der Waals surface area contributed by atoms with Crippen LogP contribution in [0.4, 0.5) is 0 Å². The van der Waals surface area contributed by atoms with Gasteiger partial charge in [0.25, 0.3) is 0 Å². The van der Waals surface area contributed by atoms with Gasteiger partial charge in [-0.15, -0.1) is 0 Å². The predicted molar refractivity (Wildman–Crippen MR) is 69.4 cm³/mol. The maximum atomic E-state index is 1.60. The summed E-state index contributed by atoms with van der Waals surface area (Å²) in [5, 5.41) is 0. The first kappa shape index (κ1) is 11.1. The summed E-state index contributed by atoms with van der Waals surface area (Å²) < 4.78 is 0. The molecular weight excluding hydrogens is 192 g/mol. The summed E-state index contributed by atoms with van der Waals surface area (Å²) in [6, 6.07) is 0. The molecule has 3 fully saturated rings. The molecule has 0 amide bonds. The van der Waals surface area contributed by atoms with Gasteiger partial charge in [0, 0.05) is 0 Å². The quantitative estimate of drug-likeness (QED) is 0.528. The van der Waals surface area contributed by atoms with Crippen molar-refractivity contribution in [3.63, 3.8) is 0 Å². The smallest absolute Gasteiger partial charge is 0.0409 e. The van der Waals surface area contributed by atoms with Gasteiger partial charge < -0.3 is 0 Å². The molecule has 3 saturated carbocycles. The van der Waals surface area contributed by atoms with Crippen LogP contribution in [0, 0.1) is 23.7 Å². The van der Waals surface area contributed by atoms with E-state index in [1.807, 2.05) is 0 Å². The van der Waals surface area contributed by atoms with Crippen LogP contribution in [-0.4, -0.2) is 0 Å². The van der Waals surface area contributed by atoms with Crippen LogP contribution in [-0.2, 0) is 0 Å². The van der Waals surface area contributed by atoms with Crippen molar-refractivity contribution < 1.29 is 0 Å². The Morgan fingerprint density at radius 2 is 0.625 bits per heavy atom. The van der Waals surface area contributed by atoms with Gasteiger partial charge in [-0.05, 0) is 49.4 Å². The molecule has 0 aromatic rings. The molecular formula is C16H28. The SMILES string of the molecule is C1CCC2CC(C1)CC1CCCCC(C1)C2. The van der Waals surface area contributed by atoms with Crippen LogP contribution in [0.2, 0.25) is 0 Å². The zero-order chi connectivity index (χ0) is 10.8. The third-order valence-corrected chi connectivity index (χ3v) is 5.62. The lowest BCUT2D eigenvalue weighted by molar-refractivity contribution is 0.199. The van der Waals surface area contributed by atoms with Crippen LogP contribution < -0.4 is 0 Å². The fourth-order valence-electron chi connectivity index (χ4n) is 4.95. The second-order valence-electron chi connectivity index (χ2n) is 6.98. The first-order valence-corrected chi connectivity index (χ1v) is 7.90. The number of hydrogen-bond acceptors (Lipinski definition) is 0. The van der Waals surface area contributed by atoms with Gasteiger partial charge in [0.05, 0.1) is 0 Å². The van der Waals surface area contributed by atoms with Crippen LogP contribution in [0.15, 0.2) is 0 Å². The minimum atomic E-state index is 1.12. The molecule has 0 saturated heterocycles. The van der Waals surface area contributed by atoms with E-state index in [-0.39, 0.29) is 0 Å². The summed E-state index contributed by atoms with van der Waals surface area (Å²) in [4.78, 5) is 0. The van der Waals surface area contributed by atoms with E-state index < -0.39 is 0 Å². The second-order valence-corrected chi connectivity index (χ2v) is 6.98. The number of rotatable bonds is 0. The van der Waals surface area contributed by atoms with E-state index in [2.05, 4.69) is 0 Å². The Morgan fingerprint density at radius 3 is 0.875 bits per heavy atom. The second kappa shape index (κ2) is 5.10. The summed E-state index contributed by atoms with van der Waals surface area (Å²) in [7, 11) is 0. The number of hydrogen-bond donors (Lipinski definition) is 0. The topological polar surface area (TPSA) is 0 Å². The Morgan fingerprint density at radius 1 is 0.375 bits per heavy atom. The van der Waals surface area contributed by atoms with E-state index in [0.717, 1.165) is 23.7 Å². The summed E-state index contributed by atoms with van der Waals surface area (Å²) in [6.45, 7) is 0. The van der Waals surface area contributed by atoms with E-state index in [0.29, 0.717) is 0 Å². The lowest BCUT2D eigenvalue weighted by Crippen LogP contribution is -2.20. The Labute approximate surface area is 101 Å². The van der Waals surface area contributed by atoms with E-state index in [1.165, 1.54) is 0 Å². The normalized spacial score (nSPS) is 45.0. The summed E-state index contributed by atoms with van der Waals surface area (Å²) in [5.41, 5.74) is 0. The molecule has 0 nitrogen and oxygen atoms in total. The summed E-state index contributed by atoms with van der Waals surface area (Å²) in [6.07, 6.45) is 18.8. The van der Waals surface area contributed by atoms with Gasteiger partial charge >= 0.3 is 0 Å². The van der Waals surface area contributed by atoms with Crippen LogP contribution in [0.3, 0.4) is 0 Å². The van der Waals surface area contributed by atoms with Gasteiger partial charge in [-0.1, -0.05) is 51.4 Å². The highest BCUT2D eigenvalue weighted by molar-refractivity contribution is 4.82. The highest BCUT2D eigenvalue weighted by Crippen LogP contribution is 2.43. The van der Waals surface area contributed by atoms with Crippen LogP contribution in [0.25, 0.3) is 0 Å². The molecule has 0 unspecified atom stereocenters. The largest absolute Gasteiger partial charge is 0.0530 e. The molecule has 4 bridgehead atoms. The van der Waals surface area contributed by atoms with Crippen molar-refractivity contribution in [1.82, 2.24) is 0 Å². The molecule has 3 aliphatic rings. The first-order valence-electron chi connectivity index (χ1n) is 7.90. The lowest BCUT2D eigenvalue weighted by Gasteiger charge is -2.31. The molecule has 0 aliphatic heterocycles. The Kier molecular flexibility index (Phi) is 3.54. The van der Waals surface area contributed by atoms with E-state index in [9.17, 15) is 0 Å². The molecule has 0 N–H and O–H groups in total. The zero-order valence-corrected chi connectivity index (χ0v) is 10.8. The van der Waals surface area contributed by atoms with Crippen LogP contribution in [0.5, 0.6) is 0 Å². The van der Waals surface area contributed by atoms with Gasteiger partial charge in [0.15, 0.2) is 0 Å². The maximum absolute atomic E-state index is 1.60. The molecule has 3 aliphatic carbocycles. The lowest BCUT2D eigenvalue weighted by atomic mass is 9.74. The highest BCUT2D eigenvalue weighted by Gasteiger charge is 2.30. The third-order valence-electron chi connectivity index (χ3n) is 5.62. The Bertz CT molecular complexity index is 176. The van der Waals surface area contributed by atoms with Crippen molar-refractivity contribution in [2.45, 2.75) is 77.0 Å². The molecule has 0 atom stereocenters.